The molecule has 5 heteroatoms. The van der Waals surface area contributed by atoms with Crippen LogP contribution in [0.1, 0.15) is 11.7 Å². The van der Waals surface area contributed by atoms with Crippen molar-refractivity contribution in [2.45, 2.75) is 6.10 Å². The maximum atomic E-state index is 10.9. The standard InChI is InChI=1S/C8H7O4P/c9-7(8(10)12-13-11)6-4-2-1-3-5-6/h1-5,7,9H/t7-/m0/s1. The van der Waals surface area contributed by atoms with Crippen LogP contribution in [-0.2, 0) is 13.9 Å². The van der Waals surface area contributed by atoms with E-state index in [2.05, 4.69) is 4.52 Å². The molecular formula is C8H7O4P. The second-order valence-electron chi connectivity index (χ2n) is 2.30. The van der Waals surface area contributed by atoms with Crippen molar-refractivity contribution in [3.05, 3.63) is 35.9 Å². The van der Waals surface area contributed by atoms with Gasteiger partial charge in [0.15, 0.2) is 6.10 Å². The second-order valence-corrected chi connectivity index (χ2v) is 2.63. The van der Waals surface area contributed by atoms with Gasteiger partial charge in [-0.05, 0) is 5.56 Å². The van der Waals surface area contributed by atoms with Gasteiger partial charge in [0.1, 0.15) is 0 Å². The van der Waals surface area contributed by atoms with Crippen LogP contribution >= 0.6 is 8.69 Å². The summed E-state index contributed by atoms with van der Waals surface area (Å²) in [6.45, 7) is 0. The molecule has 0 fully saturated rings. The van der Waals surface area contributed by atoms with Gasteiger partial charge in [0.25, 0.3) is 0 Å². The Morgan fingerprint density at radius 2 is 2.00 bits per heavy atom. The molecule has 4 nitrogen and oxygen atoms in total. The Labute approximate surface area is 76.4 Å². The van der Waals surface area contributed by atoms with Crippen molar-refractivity contribution in [1.82, 2.24) is 0 Å². The average molecular weight is 198 g/mol. The predicted molar refractivity (Wildman–Crippen MR) is 45.1 cm³/mol. The van der Waals surface area contributed by atoms with Crippen molar-refractivity contribution in [2.75, 3.05) is 0 Å². The summed E-state index contributed by atoms with van der Waals surface area (Å²) in [6.07, 6.45) is -1.37. The Morgan fingerprint density at radius 3 is 2.54 bits per heavy atom. The monoisotopic (exact) mass is 198 g/mol. The third-order valence-electron chi connectivity index (χ3n) is 1.47. The normalized spacial score (nSPS) is 12.4. The van der Waals surface area contributed by atoms with Crippen molar-refractivity contribution in [3.63, 3.8) is 0 Å². The molecule has 0 saturated heterocycles. The molecule has 0 aliphatic rings. The van der Waals surface area contributed by atoms with E-state index in [9.17, 15) is 14.5 Å². The van der Waals surface area contributed by atoms with Gasteiger partial charge in [-0.1, -0.05) is 30.3 Å². The molecule has 1 rings (SSSR count). The molecule has 0 radical (unpaired) electrons. The van der Waals surface area contributed by atoms with Crippen molar-refractivity contribution < 1.29 is 19.0 Å². The number of hydrogen-bond acceptors (Lipinski definition) is 4. The molecule has 0 amide bonds. The maximum absolute atomic E-state index is 10.9. The number of hydrogen-bond donors (Lipinski definition) is 1. The van der Waals surface area contributed by atoms with Gasteiger partial charge < -0.3 is 9.63 Å². The van der Waals surface area contributed by atoms with Crippen molar-refractivity contribution in [1.29, 1.82) is 0 Å². The zero-order valence-electron chi connectivity index (χ0n) is 6.58. The van der Waals surface area contributed by atoms with E-state index in [1.807, 2.05) is 0 Å². The molecule has 1 aromatic carbocycles. The van der Waals surface area contributed by atoms with Gasteiger partial charge in [0.2, 0.25) is 0 Å². The van der Waals surface area contributed by atoms with E-state index in [0.29, 0.717) is 5.56 Å². The lowest BCUT2D eigenvalue weighted by molar-refractivity contribution is -0.143. The smallest absolute Gasteiger partial charge is 0.377 e. The molecule has 0 unspecified atom stereocenters. The van der Waals surface area contributed by atoms with E-state index in [1.165, 1.54) is 0 Å². The van der Waals surface area contributed by atoms with E-state index in [1.54, 1.807) is 30.3 Å². The lowest BCUT2D eigenvalue weighted by Crippen LogP contribution is -2.11. The fourth-order valence-corrected chi connectivity index (χ4v) is 1.03. The molecule has 1 aromatic rings. The van der Waals surface area contributed by atoms with E-state index in [4.69, 9.17) is 0 Å². The first-order valence-electron chi connectivity index (χ1n) is 3.52. The Hall–Kier alpha value is -1.25. The minimum absolute atomic E-state index is 0.413. The summed E-state index contributed by atoms with van der Waals surface area (Å²) in [5.41, 5.74) is 0.413. The Bertz CT molecular complexity index is 298. The Kier molecular flexibility index (Phi) is 3.55. The van der Waals surface area contributed by atoms with E-state index < -0.39 is 20.8 Å². The number of benzene rings is 1. The molecule has 0 saturated carbocycles. The molecule has 68 valence electrons. The molecule has 1 N–H and O–H groups in total. The molecule has 0 bridgehead atoms. The van der Waals surface area contributed by atoms with Crippen LogP contribution in [0.5, 0.6) is 0 Å². The van der Waals surface area contributed by atoms with Crippen LogP contribution in [0.2, 0.25) is 0 Å². The summed E-state index contributed by atoms with van der Waals surface area (Å²) >= 11 is 0. The number of carbonyl (C=O) groups excluding carboxylic acids is 1. The molecule has 0 aromatic heterocycles. The van der Waals surface area contributed by atoms with Crippen molar-refractivity contribution >= 4 is 14.7 Å². The summed E-state index contributed by atoms with van der Waals surface area (Å²) in [5, 5.41) is 9.30. The van der Waals surface area contributed by atoms with Gasteiger partial charge in [-0.3, -0.25) is 0 Å². The number of aliphatic hydroxyl groups is 1. The highest BCUT2D eigenvalue weighted by molar-refractivity contribution is 7.18. The summed E-state index contributed by atoms with van der Waals surface area (Å²) < 4.78 is 14.0. The zero-order chi connectivity index (χ0) is 9.68. The van der Waals surface area contributed by atoms with E-state index in [-0.39, 0.29) is 0 Å². The third kappa shape index (κ3) is 2.61. The SMILES string of the molecule is O=POC(=O)[C@@H](O)c1ccccc1. The average Bonchev–Trinajstić information content (AvgIpc) is 2.18. The van der Waals surface area contributed by atoms with E-state index >= 15 is 0 Å². The van der Waals surface area contributed by atoms with Crippen molar-refractivity contribution in [2.24, 2.45) is 0 Å². The molecule has 0 aliphatic carbocycles. The first-order valence-corrected chi connectivity index (χ1v) is 4.25. The van der Waals surface area contributed by atoms with Crippen LogP contribution in [-0.4, -0.2) is 11.1 Å². The van der Waals surface area contributed by atoms with Crippen LogP contribution in [0, 0.1) is 0 Å². The summed E-state index contributed by atoms with van der Waals surface area (Å²) in [6, 6.07) is 8.27. The molecule has 1 atom stereocenters. The van der Waals surface area contributed by atoms with Gasteiger partial charge in [-0.2, -0.15) is 0 Å². The van der Waals surface area contributed by atoms with Crippen LogP contribution in [0.4, 0.5) is 0 Å². The third-order valence-corrected chi connectivity index (χ3v) is 1.72. The summed E-state index contributed by atoms with van der Waals surface area (Å²) in [4.78, 5) is 10.9. The zero-order valence-corrected chi connectivity index (χ0v) is 7.48. The first kappa shape index (κ1) is 9.84. The molecule has 0 heterocycles. The number of rotatable bonds is 3. The van der Waals surface area contributed by atoms with Crippen LogP contribution in [0.3, 0.4) is 0 Å². The quantitative estimate of drug-likeness (QED) is 0.747. The summed E-state index contributed by atoms with van der Waals surface area (Å²) in [7, 11) is -0.755. The fourth-order valence-electron chi connectivity index (χ4n) is 0.858. The van der Waals surface area contributed by atoms with Gasteiger partial charge in [0, 0.05) is 0 Å². The lowest BCUT2D eigenvalue weighted by Gasteiger charge is -2.05. The van der Waals surface area contributed by atoms with Crippen LogP contribution in [0.15, 0.2) is 30.3 Å². The molecule has 13 heavy (non-hydrogen) atoms. The number of aliphatic hydroxyl groups excluding tert-OH is 1. The molecular weight excluding hydrogens is 191 g/mol. The largest absolute Gasteiger partial charge is 0.398 e. The van der Waals surface area contributed by atoms with Gasteiger partial charge in [0.05, 0.1) is 0 Å². The highest BCUT2D eigenvalue weighted by Gasteiger charge is 2.18. The van der Waals surface area contributed by atoms with Gasteiger partial charge >= 0.3 is 14.7 Å². The maximum Gasteiger partial charge on any atom is 0.398 e. The Morgan fingerprint density at radius 1 is 1.38 bits per heavy atom. The fraction of sp³-hybridized carbons (Fsp3) is 0.125. The minimum atomic E-state index is -1.37. The van der Waals surface area contributed by atoms with E-state index in [0.717, 1.165) is 0 Å². The minimum Gasteiger partial charge on any atom is -0.377 e. The molecule has 0 aliphatic heterocycles. The van der Waals surface area contributed by atoms with Crippen LogP contribution < -0.4 is 0 Å². The van der Waals surface area contributed by atoms with Crippen LogP contribution in [0.25, 0.3) is 0 Å². The predicted octanol–water partition coefficient (Wildman–Crippen LogP) is 1.47. The topological polar surface area (TPSA) is 63.6 Å². The Balaban J connectivity index is 2.73. The summed E-state index contributed by atoms with van der Waals surface area (Å²) in [5.74, 6) is -0.928. The van der Waals surface area contributed by atoms with Gasteiger partial charge in [-0.25, -0.2) is 9.36 Å². The lowest BCUT2D eigenvalue weighted by atomic mass is 10.1. The number of carbonyl (C=O) groups is 1. The highest BCUT2D eigenvalue weighted by Crippen LogP contribution is 2.15. The van der Waals surface area contributed by atoms with Gasteiger partial charge in [-0.15, -0.1) is 0 Å². The van der Waals surface area contributed by atoms with Crippen molar-refractivity contribution in [3.8, 4) is 0 Å². The second kappa shape index (κ2) is 4.70. The molecule has 0 spiro atoms. The first-order chi connectivity index (χ1) is 6.25. The highest BCUT2D eigenvalue weighted by atomic mass is 31.1.